The van der Waals surface area contributed by atoms with Crippen LogP contribution in [0, 0.1) is 0 Å². The van der Waals surface area contributed by atoms with Crippen molar-refractivity contribution < 1.29 is 19.4 Å². The number of amides is 1. The molecule has 1 atom stereocenters. The first-order chi connectivity index (χ1) is 17.2. The number of hydrogen-bond acceptors (Lipinski definition) is 5. The molecule has 4 aromatic rings. The number of para-hydroxylation sites is 1. The van der Waals surface area contributed by atoms with Crippen LogP contribution in [0.5, 0.6) is 11.5 Å². The second kappa shape index (κ2) is 10.0. The number of fused-ring (bicyclic) bond motifs is 1. The number of aromatic hydroxyl groups is 1. The normalized spacial score (nSPS) is 14.8. The standard InChI is InChI=1S/C28H27N3O4/c1-34-16-8-15-31-27(20-11-7-12-21(17-20)35-18-19-9-3-2-4-10-19)24-25(29-30-26(24)28(31)33)22-13-5-6-14-23(22)32/h2-7,9-14,17,27,32H,8,15-16,18H2,1H3,(H,29,30)/t27-/m1/s1. The minimum absolute atomic E-state index is 0.116. The van der Waals surface area contributed by atoms with Gasteiger partial charge in [0.1, 0.15) is 29.5 Å². The highest BCUT2D eigenvalue weighted by Gasteiger charge is 2.42. The number of methoxy groups -OCH3 is 1. The highest BCUT2D eigenvalue weighted by atomic mass is 16.5. The van der Waals surface area contributed by atoms with Crippen LogP contribution in [-0.4, -0.2) is 46.4 Å². The molecule has 1 amide bonds. The average Bonchev–Trinajstić information content (AvgIpc) is 3.43. The molecule has 178 valence electrons. The molecule has 2 heterocycles. The second-order valence-corrected chi connectivity index (χ2v) is 8.47. The van der Waals surface area contributed by atoms with Crippen molar-refractivity contribution in [1.29, 1.82) is 0 Å². The summed E-state index contributed by atoms with van der Waals surface area (Å²) < 4.78 is 11.3. The zero-order valence-corrected chi connectivity index (χ0v) is 19.5. The summed E-state index contributed by atoms with van der Waals surface area (Å²) in [5.41, 5.74) is 4.35. The highest BCUT2D eigenvalue weighted by Crippen LogP contribution is 2.44. The smallest absolute Gasteiger partial charge is 0.273 e. The van der Waals surface area contributed by atoms with Crippen LogP contribution in [0.25, 0.3) is 11.3 Å². The van der Waals surface area contributed by atoms with Gasteiger partial charge in [-0.15, -0.1) is 0 Å². The van der Waals surface area contributed by atoms with Gasteiger partial charge in [0.2, 0.25) is 0 Å². The first kappa shape index (κ1) is 22.7. The Morgan fingerprint density at radius 1 is 1.03 bits per heavy atom. The zero-order valence-electron chi connectivity index (χ0n) is 19.5. The number of phenols is 1. The number of carbonyl (C=O) groups is 1. The van der Waals surface area contributed by atoms with E-state index in [4.69, 9.17) is 9.47 Å². The van der Waals surface area contributed by atoms with Gasteiger partial charge in [0.15, 0.2) is 0 Å². The van der Waals surface area contributed by atoms with Gasteiger partial charge in [-0.05, 0) is 41.8 Å². The summed E-state index contributed by atoms with van der Waals surface area (Å²) in [5, 5.41) is 17.9. The van der Waals surface area contributed by atoms with Gasteiger partial charge in [-0.25, -0.2) is 0 Å². The molecule has 0 radical (unpaired) electrons. The molecule has 0 saturated heterocycles. The van der Waals surface area contributed by atoms with Crippen molar-refractivity contribution >= 4 is 5.91 Å². The maximum Gasteiger partial charge on any atom is 0.273 e. The number of phenolic OH excluding ortho intramolecular Hbond substituents is 1. The SMILES string of the molecule is COCCCN1C(=O)c2[nH]nc(-c3ccccc3O)c2[C@H]1c1cccc(OCc2ccccc2)c1. The van der Waals surface area contributed by atoms with E-state index in [1.807, 2.05) is 65.6 Å². The van der Waals surface area contributed by atoms with Crippen LogP contribution < -0.4 is 4.74 Å². The van der Waals surface area contributed by atoms with Crippen LogP contribution in [-0.2, 0) is 11.3 Å². The molecule has 1 aliphatic heterocycles. The lowest BCUT2D eigenvalue weighted by molar-refractivity contribution is 0.0723. The lowest BCUT2D eigenvalue weighted by Crippen LogP contribution is -2.31. The Labute approximate surface area is 203 Å². The van der Waals surface area contributed by atoms with Crippen LogP contribution in [0.1, 0.15) is 39.6 Å². The number of aromatic amines is 1. The molecule has 7 heteroatoms. The van der Waals surface area contributed by atoms with Crippen molar-refractivity contribution in [2.24, 2.45) is 0 Å². The van der Waals surface area contributed by atoms with Gasteiger partial charge in [0.25, 0.3) is 5.91 Å². The van der Waals surface area contributed by atoms with E-state index in [9.17, 15) is 9.90 Å². The van der Waals surface area contributed by atoms with Crippen LogP contribution in [0.3, 0.4) is 0 Å². The molecule has 0 saturated carbocycles. The Bertz CT molecular complexity index is 1320. The number of ether oxygens (including phenoxy) is 2. The Morgan fingerprint density at radius 2 is 1.83 bits per heavy atom. The number of rotatable bonds is 9. The predicted octanol–water partition coefficient (Wildman–Crippen LogP) is 4.94. The number of benzene rings is 3. The molecule has 0 spiro atoms. The van der Waals surface area contributed by atoms with Crippen LogP contribution in [0.2, 0.25) is 0 Å². The minimum Gasteiger partial charge on any atom is -0.507 e. The molecule has 0 bridgehead atoms. The van der Waals surface area contributed by atoms with Crippen molar-refractivity contribution in [3.63, 3.8) is 0 Å². The summed E-state index contributed by atoms with van der Waals surface area (Å²) in [6.45, 7) is 1.52. The Hall–Kier alpha value is -4.10. The van der Waals surface area contributed by atoms with Crippen LogP contribution in [0.15, 0.2) is 78.9 Å². The Balaban J connectivity index is 1.53. The maximum atomic E-state index is 13.4. The van der Waals surface area contributed by atoms with Gasteiger partial charge in [0.05, 0.1) is 6.04 Å². The Kier molecular flexibility index (Phi) is 6.50. The molecule has 0 unspecified atom stereocenters. The molecule has 2 N–H and O–H groups in total. The third-order valence-electron chi connectivity index (χ3n) is 6.19. The van der Waals surface area contributed by atoms with Crippen molar-refractivity contribution in [2.45, 2.75) is 19.1 Å². The van der Waals surface area contributed by atoms with Crippen molar-refractivity contribution in [3.05, 3.63) is 101 Å². The van der Waals surface area contributed by atoms with Gasteiger partial charge in [-0.3, -0.25) is 9.89 Å². The number of hydrogen-bond donors (Lipinski definition) is 2. The first-order valence-electron chi connectivity index (χ1n) is 11.6. The first-order valence-corrected chi connectivity index (χ1v) is 11.6. The van der Waals surface area contributed by atoms with Crippen molar-refractivity contribution in [3.8, 4) is 22.8 Å². The number of nitrogens with one attached hydrogen (secondary N) is 1. The third kappa shape index (κ3) is 4.50. The summed E-state index contributed by atoms with van der Waals surface area (Å²) in [4.78, 5) is 15.3. The summed E-state index contributed by atoms with van der Waals surface area (Å²) >= 11 is 0. The molecule has 7 nitrogen and oxygen atoms in total. The largest absolute Gasteiger partial charge is 0.507 e. The van der Waals surface area contributed by atoms with E-state index >= 15 is 0 Å². The predicted molar refractivity (Wildman–Crippen MR) is 132 cm³/mol. The zero-order chi connectivity index (χ0) is 24.2. The van der Waals surface area contributed by atoms with E-state index in [1.165, 1.54) is 0 Å². The lowest BCUT2D eigenvalue weighted by Gasteiger charge is -2.26. The summed E-state index contributed by atoms with van der Waals surface area (Å²) in [6, 6.07) is 24.5. The van der Waals surface area contributed by atoms with E-state index < -0.39 is 0 Å². The van der Waals surface area contributed by atoms with Gasteiger partial charge < -0.3 is 19.5 Å². The Morgan fingerprint density at radius 3 is 2.63 bits per heavy atom. The summed E-state index contributed by atoms with van der Waals surface area (Å²) in [6.07, 6.45) is 0.701. The second-order valence-electron chi connectivity index (χ2n) is 8.47. The fourth-order valence-corrected chi connectivity index (χ4v) is 4.55. The van der Waals surface area contributed by atoms with Crippen molar-refractivity contribution in [1.82, 2.24) is 15.1 Å². The van der Waals surface area contributed by atoms with Gasteiger partial charge in [-0.2, -0.15) is 5.10 Å². The molecule has 3 aromatic carbocycles. The van der Waals surface area contributed by atoms with E-state index in [0.717, 1.165) is 22.4 Å². The van der Waals surface area contributed by atoms with Crippen LogP contribution in [0.4, 0.5) is 0 Å². The van der Waals surface area contributed by atoms with Gasteiger partial charge >= 0.3 is 0 Å². The number of carbonyl (C=O) groups excluding carboxylic acids is 1. The molecular formula is C28H27N3O4. The fraction of sp³-hybridized carbons (Fsp3) is 0.214. The topological polar surface area (TPSA) is 87.7 Å². The van der Waals surface area contributed by atoms with E-state index in [1.54, 1.807) is 25.3 Å². The molecule has 1 aromatic heterocycles. The quantitative estimate of drug-likeness (QED) is 0.339. The minimum atomic E-state index is -0.372. The number of aromatic nitrogens is 2. The van der Waals surface area contributed by atoms with Gasteiger partial charge in [0, 0.05) is 31.4 Å². The van der Waals surface area contributed by atoms with E-state index in [2.05, 4.69) is 10.2 Å². The lowest BCUT2D eigenvalue weighted by atomic mass is 9.95. The third-order valence-corrected chi connectivity index (χ3v) is 6.19. The summed E-state index contributed by atoms with van der Waals surface area (Å²) in [7, 11) is 1.65. The molecular weight excluding hydrogens is 442 g/mol. The molecule has 35 heavy (non-hydrogen) atoms. The average molecular weight is 470 g/mol. The highest BCUT2D eigenvalue weighted by molar-refractivity contribution is 6.00. The molecule has 0 aliphatic carbocycles. The van der Waals surface area contributed by atoms with E-state index in [-0.39, 0.29) is 17.7 Å². The van der Waals surface area contributed by atoms with Crippen molar-refractivity contribution in [2.75, 3.05) is 20.3 Å². The van der Waals surface area contributed by atoms with Gasteiger partial charge in [-0.1, -0.05) is 54.6 Å². The number of H-pyrrole nitrogens is 1. The van der Waals surface area contributed by atoms with E-state index in [0.29, 0.717) is 43.1 Å². The maximum absolute atomic E-state index is 13.4. The fourth-order valence-electron chi connectivity index (χ4n) is 4.55. The summed E-state index contributed by atoms with van der Waals surface area (Å²) in [5.74, 6) is 0.716. The molecule has 5 rings (SSSR count). The van der Waals surface area contributed by atoms with Crippen LogP contribution >= 0.6 is 0 Å². The molecule has 1 aliphatic rings. The monoisotopic (exact) mass is 469 g/mol. The molecule has 0 fully saturated rings. The number of nitrogens with zero attached hydrogens (tertiary/aromatic N) is 2.